The summed E-state index contributed by atoms with van der Waals surface area (Å²) in [5, 5.41) is 8.27. The molecule has 3 aromatic heterocycles. The molecule has 3 heterocycles. The summed E-state index contributed by atoms with van der Waals surface area (Å²) in [5.74, 6) is 0. The fourth-order valence-electron chi connectivity index (χ4n) is 2.73. The number of fused-ring (bicyclic) bond motifs is 1. The van der Waals surface area contributed by atoms with Gasteiger partial charge in [0.15, 0.2) is 5.69 Å². The first-order valence-electron chi connectivity index (χ1n) is 7.44. The number of pyridine rings is 1. The molecule has 0 saturated carbocycles. The van der Waals surface area contributed by atoms with Gasteiger partial charge in [0.05, 0.1) is 23.1 Å². The van der Waals surface area contributed by atoms with Crippen LogP contribution in [0, 0.1) is 0 Å². The Bertz CT molecular complexity index is 1070. The highest BCUT2D eigenvalue weighted by Crippen LogP contribution is 2.34. The zero-order valence-electron chi connectivity index (χ0n) is 13.0. The predicted molar refractivity (Wildman–Crippen MR) is 88.0 cm³/mol. The Kier molecular flexibility index (Phi) is 3.87. The minimum Gasteiger partial charge on any atom is -0.264 e. The van der Waals surface area contributed by atoms with Crippen molar-refractivity contribution in [3.05, 3.63) is 65.6 Å². The molecule has 0 aliphatic rings. The van der Waals surface area contributed by atoms with Gasteiger partial charge in [-0.3, -0.25) is 9.67 Å². The summed E-state index contributed by atoms with van der Waals surface area (Å²) in [4.78, 5) is 7.68. The third-order valence-electron chi connectivity index (χ3n) is 3.85. The van der Waals surface area contributed by atoms with Gasteiger partial charge in [-0.2, -0.15) is 23.4 Å². The van der Waals surface area contributed by atoms with Gasteiger partial charge in [-0.05, 0) is 23.8 Å². The van der Waals surface area contributed by atoms with Crippen LogP contribution in [0.5, 0.6) is 0 Å². The van der Waals surface area contributed by atoms with Crippen LogP contribution in [-0.4, -0.2) is 29.5 Å². The Hall–Kier alpha value is -2.94. The van der Waals surface area contributed by atoms with Crippen LogP contribution in [-0.2, 0) is 12.7 Å². The van der Waals surface area contributed by atoms with Crippen LogP contribution in [0.25, 0.3) is 16.6 Å². The summed E-state index contributed by atoms with van der Waals surface area (Å²) in [6, 6.07) is 6.56. The molecule has 0 aliphatic heterocycles. The molecule has 6 nitrogen and oxygen atoms in total. The minimum absolute atomic E-state index is 0.0451. The van der Waals surface area contributed by atoms with Crippen LogP contribution in [0.3, 0.4) is 0 Å². The highest BCUT2D eigenvalue weighted by atomic mass is 35.5. The Morgan fingerprint density at radius 2 is 1.96 bits per heavy atom. The number of benzene rings is 1. The topological polar surface area (TPSA) is 61.4 Å². The lowest BCUT2D eigenvalue weighted by molar-refractivity contribution is -0.140. The first kappa shape index (κ1) is 16.5. The first-order valence-corrected chi connectivity index (χ1v) is 7.82. The zero-order valence-corrected chi connectivity index (χ0v) is 13.8. The van der Waals surface area contributed by atoms with Gasteiger partial charge in [0.1, 0.15) is 12.7 Å². The standard InChI is InChI=1S/C16H10ClF3N6/c17-11-2-1-10(14(5-11)26-9-22-8-23-26)7-25-13-3-4-21-6-12(13)15(24-25)16(18,19)20/h1-6,8-9H,7H2. The van der Waals surface area contributed by atoms with Gasteiger partial charge >= 0.3 is 6.18 Å². The van der Waals surface area contributed by atoms with Crippen molar-refractivity contribution < 1.29 is 13.2 Å². The molecule has 0 radical (unpaired) electrons. The summed E-state index contributed by atoms with van der Waals surface area (Å²) in [5.41, 5.74) is 0.680. The summed E-state index contributed by atoms with van der Waals surface area (Å²) >= 11 is 6.05. The molecule has 4 aromatic rings. The molecule has 0 aliphatic carbocycles. The van der Waals surface area contributed by atoms with Crippen molar-refractivity contribution >= 4 is 22.5 Å². The second kappa shape index (κ2) is 6.10. The predicted octanol–water partition coefficient (Wildman–Crippen LogP) is 3.73. The molecule has 0 spiro atoms. The fraction of sp³-hybridized carbons (Fsp3) is 0.125. The molecule has 26 heavy (non-hydrogen) atoms. The molecular formula is C16H10ClF3N6. The van der Waals surface area contributed by atoms with Crippen molar-refractivity contribution in [1.29, 1.82) is 0 Å². The Morgan fingerprint density at radius 1 is 1.12 bits per heavy atom. The van der Waals surface area contributed by atoms with E-state index >= 15 is 0 Å². The third-order valence-corrected chi connectivity index (χ3v) is 4.09. The number of aromatic nitrogens is 6. The van der Waals surface area contributed by atoms with Crippen molar-refractivity contribution in [2.24, 2.45) is 0 Å². The van der Waals surface area contributed by atoms with E-state index in [1.165, 1.54) is 40.5 Å². The van der Waals surface area contributed by atoms with Crippen LogP contribution in [0.1, 0.15) is 11.3 Å². The summed E-state index contributed by atoms with van der Waals surface area (Å²) in [7, 11) is 0. The number of rotatable bonds is 3. The average molecular weight is 379 g/mol. The van der Waals surface area contributed by atoms with E-state index in [1.54, 1.807) is 18.2 Å². The van der Waals surface area contributed by atoms with Crippen molar-refractivity contribution in [1.82, 2.24) is 29.5 Å². The first-order chi connectivity index (χ1) is 12.4. The maximum atomic E-state index is 13.3. The van der Waals surface area contributed by atoms with E-state index in [0.717, 1.165) is 0 Å². The van der Waals surface area contributed by atoms with Gasteiger partial charge in [0.25, 0.3) is 0 Å². The number of halogens is 4. The van der Waals surface area contributed by atoms with Crippen molar-refractivity contribution in [3.8, 4) is 5.69 Å². The molecular weight excluding hydrogens is 369 g/mol. The van der Waals surface area contributed by atoms with E-state index in [1.807, 2.05) is 0 Å². The molecule has 0 amide bonds. The normalized spacial score (nSPS) is 12.0. The molecule has 0 unspecified atom stereocenters. The number of hydrogen-bond acceptors (Lipinski definition) is 4. The molecule has 0 fully saturated rings. The summed E-state index contributed by atoms with van der Waals surface area (Å²) in [6.45, 7) is 0.100. The van der Waals surface area contributed by atoms with Gasteiger partial charge in [0.2, 0.25) is 0 Å². The summed E-state index contributed by atoms with van der Waals surface area (Å²) < 4.78 is 42.6. The quantitative estimate of drug-likeness (QED) is 0.545. The lowest BCUT2D eigenvalue weighted by Crippen LogP contribution is -2.10. The van der Waals surface area contributed by atoms with Crippen LogP contribution < -0.4 is 0 Å². The van der Waals surface area contributed by atoms with E-state index in [2.05, 4.69) is 20.2 Å². The van der Waals surface area contributed by atoms with Crippen LogP contribution in [0.15, 0.2) is 49.3 Å². The van der Waals surface area contributed by atoms with Crippen molar-refractivity contribution in [2.75, 3.05) is 0 Å². The maximum Gasteiger partial charge on any atom is 0.435 e. The summed E-state index contributed by atoms with van der Waals surface area (Å²) in [6.07, 6.45) is 0.882. The molecule has 132 valence electrons. The van der Waals surface area contributed by atoms with Gasteiger partial charge < -0.3 is 0 Å². The Balaban J connectivity index is 1.85. The van der Waals surface area contributed by atoms with E-state index < -0.39 is 11.9 Å². The monoisotopic (exact) mass is 378 g/mol. The smallest absolute Gasteiger partial charge is 0.264 e. The molecule has 0 saturated heterocycles. The Labute approximate surface area is 149 Å². The number of hydrogen-bond donors (Lipinski definition) is 0. The van der Waals surface area contributed by atoms with Crippen LogP contribution in [0.4, 0.5) is 13.2 Å². The molecule has 0 bridgehead atoms. The van der Waals surface area contributed by atoms with Crippen LogP contribution in [0.2, 0.25) is 5.02 Å². The average Bonchev–Trinajstić information content (AvgIpc) is 3.24. The number of alkyl halides is 3. The minimum atomic E-state index is -4.57. The molecule has 10 heteroatoms. The van der Waals surface area contributed by atoms with Gasteiger partial charge in [-0.1, -0.05) is 17.7 Å². The lowest BCUT2D eigenvalue weighted by Gasteiger charge is -2.11. The molecule has 4 rings (SSSR count). The second-order valence-electron chi connectivity index (χ2n) is 5.51. The van der Waals surface area contributed by atoms with Crippen LogP contribution >= 0.6 is 11.6 Å². The van der Waals surface area contributed by atoms with E-state index in [9.17, 15) is 13.2 Å². The Morgan fingerprint density at radius 3 is 2.69 bits per heavy atom. The lowest BCUT2D eigenvalue weighted by atomic mass is 10.1. The van der Waals surface area contributed by atoms with Gasteiger partial charge in [-0.15, -0.1) is 0 Å². The number of nitrogens with zero attached hydrogens (tertiary/aromatic N) is 6. The highest BCUT2D eigenvalue weighted by molar-refractivity contribution is 6.30. The third kappa shape index (κ3) is 2.90. The largest absolute Gasteiger partial charge is 0.435 e. The van der Waals surface area contributed by atoms with Gasteiger partial charge in [0, 0.05) is 17.4 Å². The van der Waals surface area contributed by atoms with Gasteiger partial charge in [-0.25, -0.2) is 9.67 Å². The SMILES string of the molecule is FC(F)(F)c1nn(Cc2ccc(Cl)cc2-n2cncn2)c2ccncc12. The maximum absolute atomic E-state index is 13.3. The molecule has 0 atom stereocenters. The molecule has 1 aromatic carbocycles. The van der Waals surface area contributed by atoms with Crippen molar-refractivity contribution in [2.45, 2.75) is 12.7 Å². The van der Waals surface area contributed by atoms with E-state index in [4.69, 9.17) is 11.6 Å². The zero-order chi connectivity index (χ0) is 18.3. The van der Waals surface area contributed by atoms with Crippen molar-refractivity contribution in [3.63, 3.8) is 0 Å². The highest BCUT2D eigenvalue weighted by Gasteiger charge is 2.37. The fourth-order valence-corrected chi connectivity index (χ4v) is 2.90. The van der Waals surface area contributed by atoms with E-state index in [0.29, 0.717) is 21.8 Å². The van der Waals surface area contributed by atoms with E-state index in [-0.39, 0.29) is 11.9 Å². The molecule has 0 N–H and O–H groups in total. The second-order valence-corrected chi connectivity index (χ2v) is 5.95.